The van der Waals surface area contributed by atoms with Crippen molar-refractivity contribution in [2.24, 2.45) is 0 Å². The predicted molar refractivity (Wildman–Crippen MR) is 71.6 cm³/mol. The lowest BCUT2D eigenvalue weighted by Crippen LogP contribution is -2.49. The van der Waals surface area contributed by atoms with Crippen molar-refractivity contribution in [2.45, 2.75) is 19.5 Å². The van der Waals surface area contributed by atoms with Gasteiger partial charge in [-0.15, -0.1) is 0 Å². The Hall–Kier alpha value is -0.350. The maximum Gasteiger partial charge on any atom is 0.129 e. The lowest BCUT2D eigenvalue weighted by molar-refractivity contribution is 0.0991. The summed E-state index contributed by atoms with van der Waals surface area (Å²) < 4.78 is 0. The van der Waals surface area contributed by atoms with Crippen LogP contribution in [0.2, 0.25) is 10.2 Å². The minimum absolute atomic E-state index is 0.506. The number of piperazine rings is 1. The molecule has 0 spiro atoms. The summed E-state index contributed by atoms with van der Waals surface area (Å²) in [5.74, 6) is 0. The zero-order valence-electron chi connectivity index (χ0n) is 10.2. The van der Waals surface area contributed by atoms with E-state index in [9.17, 15) is 0 Å². The van der Waals surface area contributed by atoms with Gasteiger partial charge in [0.1, 0.15) is 5.15 Å². The molecule has 0 bridgehead atoms. The Balaban J connectivity index is 2.03. The van der Waals surface area contributed by atoms with E-state index in [2.05, 4.69) is 28.8 Å². The molecule has 1 atom stereocenters. The molecule has 1 aromatic heterocycles. The molecule has 1 aliphatic heterocycles. The molecule has 3 nitrogen and oxygen atoms in total. The highest BCUT2D eigenvalue weighted by Crippen LogP contribution is 2.19. The Morgan fingerprint density at radius 1 is 1.35 bits per heavy atom. The highest BCUT2D eigenvalue weighted by molar-refractivity contribution is 6.32. The van der Waals surface area contributed by atoms with Crippen LogP contribution >= 0.6 is 23.2 Å². The van der Waals surface area contributed by atoms with Crippen molar-refractivity contribution in [3.63, 3.8) is 0 Å². The number of nitrogens with zero attached hydrogens (tertiary/aromatic N) is 3. The summed E-state index contributed by atoms with van der Waals surface area (Å²) in [4.78, 5) is 9.02. The Bertz CT molecular complexity index is 397. The van der Waals surface area contributed by atoms with Crippen molar-refractivity contribution >= 4 is 23.2 Å². The molecule has 17 heavy (non-hydrogen) atoms. The van der Waals surface area contributed by atoms with Gasteiger partial charge in [0.15, 0.2) is 0 Å². The zero-order chi connectivity index (χ0) is 12.4. The first-order valence-corrected chi connectivity index (χ1v) is 6.55. The first kappa shape index (κ1) is 13.1. The molecule has 2 heterocycles. The van der Waals surface area contributed by atoms with Crippen LogP contribution < -0.4 is 0 Å². The van der Waals surface area contributed by atoms with Gasteiger partial charge < -0.3 is 4.90 Å². The highest BCUT2D eigenvalue weighted by atomic mass is 35.5. The summed E-state index contributed by atoms with van der Waals surface area (Å²) in [7, 11) is 2.16. The summed E-state index contributed by atoms with van der Waals surface area (Å²) in [5.41, 5.74) is 0.871. The first-order chi connectivity index (χ1) is 8.06. The van der Waals surface area contributed by atoms with Gasteiger partial charge in [-0.1, -0.05) is 23.2 Å². The first-order valence-electron chi connectivity index (χ1n) is 5.80. The molecule has 0 aliphatic carbocycles. The van der Waals surface area contributed by atoms with Crippen LogP contribution in [0.5, 0.6) is 0 Å². The van der Waals surface area contributed by atoms with E-state index in [1.807, 2.05) is 6.07 Å². The molecule has 1 fully saturated rings. The van der Waals surface area contributed by atoms with Gasteiger partial charge in [-0.3, -0.25) is 4.90 Å². The van der Waals surface area contributed by atoms with Crippen molar-refractivity contribution < 1.29 is 0 Å². The van der Waals surface area contributed by atoms with E-state index >= 15 is 0 Å². The van der Waals surface area contributed by atoms with Crippen LogP contribution in [0, 0.1) is 0 Å². The third kappa shape index (κ3) is 3.32. The fourth-order valence-corrected chi connectivity index (χ4v) is 2.38. The van der Waals surface area contributed by atoms with Crippen LogP contribution in [0.4, 0.5) is 0 Å². The number of halogens is 2. The molecule has 1 unspecified atom stereocenters. The fraction of sp³-hybridized carbons (Fsp3) is 0.583. The number of rotatable bonds is 2. The summed E-state index contributed by atoms with van der Waals surface area (Å²) in [6.45, 7) is 6.18. The van der Waals surface area contributed by atoms with E-state index in [1.165, 1.54) is 0 Å². The van der Waals surface area contributed by atoms with Gasteiger partial charge in [0, 0.05) is 32.2 Å². The number of pyridine rings is 1. The monoisotopic (exact) mass is 273 g/mol. The maximum atomic E-state index is 6.12. The average molecular weight is 274 g/mol. The smallest absolute Gasteiger partial charge is 0.129 e. The van der Waals surface area contributed by atoms with Crippen molar-refractivity contribution in [3.05, 3.63) is 28.0 Å². The van der Waals surface area contributed by atoms with Crippen LogP contribution in [0.25, 0.3) is 0 Å². The molecular formula is C12H17Cl2N3. The quantitative estimate of drug-likeness (QED) is 0.772. The summed E-state index contributed by atoms with van der Waals surface area (Å²) in [5, 5.41) is 1.20. The van der Waals surface area contributed by atoms with Gasteiger partial charge in [0.2, 0.25) is 0 Å². The average Bonchev–Trinajstić information content (AvgIpc) is 2.29. The van der Waals surface area contributed by atoms with Crippen molar-refractivity contribution in [1.82, 2.24) is 14.8 Å². The minimum Gasteiger partial charge on any atom is -0.301 e. The molecule has 5 heteroatoms. The largest absolute Gasteiger partial charge is 0.301 e. The molecule has 0 amide bonds. The van der Waals surface area contributed by atoms with E-state index in [0.29, 0.717) is 16.2 Å². The third-order valence-electron chi connectivity index (χ3n) is 3.30. The molecule has 0 saturated carbocycles. The van der Waals surface area contributed by atoms with Crippen LogP contribution in [0.3, 0.4) is 0 Å². The third-order valence-corrected chi connectivity index (χ3v) is 3.86. The second-order valence-corrected chi connectivity index (χ2v) is 5.42. The molecular weight excluding hydrogens is 257 g/mol. The molecule has 2 rings (SSSR count). The molecule has 0 N–H and O–H groups in total. The number of likely N-dealkylation sites (N-methyl/N-ethyl adjacent to an activating group) is 1. The van der Waals surface area contributed by atoms with Crippen LogP contribution in [0.1, 0.15) is 12.6 Å². The number of aromatic nitrogens is 1. The fourth-order valence-electron chi connectivity index (χ4n) is 2.05. The summed E-state index contributed by atoms with van der Waals surface area (Å²) in [6, 6.07) is 4.10. The molecule has 1 aromatic rings. The van der Waals surface area contributed by atoms with Gasteiger partial charge in [-0.25, -0.2) is 4.98 Å². The molecule has 94 valence electrons. The van der Waals surface area contributed by atoms with Gasteiger partial charge >= 0.3 is 0 Å². The van der Waals surface area contributed by atoms with Crippen LogP contribution in [-0.2, 0) is 6.54 Å². The Labute approximate surface area is 112 Å². The van der Waals surface area contributed by atoms with Gasteiger partial charge in [0.25, 0.3) is 0 Å². The number of hydrogen-bond donors (Lipinski definition) is 0. The number of hydrogen-bond acceptors (Lipinski definition) is 3. The summed E-state index contributed by atoms with van der Waals surface area (Å²) in [6.07, 6.45) is 0. The van der Waals surface area contributed by atoms with E-state index in [1.54, 1.807) is 6.07 Å². The van der Waals surface area contributed by atoms with Crippen molar-refractivity contribution in [2.75, 3.05) is 26.7 Å². The maximum absolute atomic E-state index is 6.12. The zero-order valence-corrected chi connectivity index (χ0v) is 11.7. The van der Waals surface area contributed by atoms with E-state index < -0.39 is 0 Å². The second-order valence-electron chi connectivity index (χ2n) is 4.63. The van der Waals surface area contributed by atoms with Gasteiger partial charge in [-0.05, 0) is 26.1 Å². The van der Waals surface area contributed by atoms with Gasteiger partial charge in [-0.2, -0.15) is 0 Å². The molecule has 0 aromatic carbocycles. The Morgan fingerprint density at radius 2 is 2.12 bits per heavy atom. The molecule has 1 saturated heterocycles. The van der Waals surface area contributed by atoms with Crippen LogP contribution in [-0.4, -0.2) is 47.5 Å². The van der Waals surface area contributed by atoms with E-state index in [4.69, 9.17) is 23.2 Å². The molecule has 0 radical (unpaired) electrons. The van der Waals surface area contributed by atoms with Gasteiger partial charge in [0.05, 0.1) is 10.7 Å². The lowest BCUT2D eigenvalue weighted by Gasteiger charge is -2.37. The molecule has 1 aliphatic rings. The lowest BCUT2D eigenvalue weighted by atomic mass is 10.2. The van der Waals surface area contributed by atoms with Crippen molar-refractivity contribution in [3.8, 4) is 0 Å². The van der Waals surface area contributed by atoms with E-state index in [0.717, 1.165) is 31.9 Å². The predicted octanol–water partition coefficient (Wildman–Crippen LogP) is 2.52. The highest BCUT2D eigenvalue weighted by Gasteiger charge is 2.21. The van der Waals surface area contributed by atoms with Crippen LogP contribution in [0.15, 0.2) is 12.1 Å². The Kier molecular flexibility index (Phi) is 4.26. The minimum atomic E-state index is 0.506. The van der Waals surface area contributed by atoms with E-state index in [-0.39, 0.29) is 0 Å². The second kappa shape index (κ2) is 5.53. The normalized spacial score (nSPS) is 22.9. The van der Waals surface area contributed by atoms with Crippen molar-refractivity contribution in [1.29, 1.82) is 0 Å². The topological polar surface area (TPSA) is 19.4 Å². The SMILES string of the molecule is CC1CN(Cc2nc(Cl)ccc2Cl)CCN1C. The Morgan fingerprint density at radius 3 is 2.82 bits per heavy atom. The standard InChI is InChI=1S/C12H17Cl2N3/c1-9-7-17(6-5-16(9)2)8-11-10(13)3-4-12(14)15-11/h3-4,9H,5-8H2,1-2H3. The summed E-state index contributed by atoms with van der Waals surface area (Å²) >= 11 is 12.0.